The van der Waals surface area contributed by atoms with E-state index in [0.29, 0.717) is 53.1 Å². The van der Waals surface area contributed by atoms with Crippen molar-refractivity contribution in [2.75, 3.05) is 30.8 Å². The van der Waals surface area contributed by atoms with E-state index in [2.05, 4.69) is 30.2 Å². The minimum Gasteiger partial charge on any atom is -0.466 e. The summed E-state index contributed by atoms with van der Waals surface area (Å²) in [6, 6.07) is 12.6. The first-order valence-corrected chi connectivity index (χ1v) is 14.1. The summed E-state index contributed by atoms with van der Waals surface area (Å²) >= 11 is 12.5. The van der Waals surface area contributed by atoms with Gasteiger partial charge in [0.2, 0.25) is 11.8 Å². The Hall–Kier alpha value is -4.15. The van der Waals surface area contributed by atoms with Gasteiger partial charge in [0.25, 0.3) is 0 Å². The van der Waals surface area contributed by atoms with Crippen LogP contribution in [0.4, 0.5) is 11.6 Å². The molecule has 4 rings (SSSR count). The van der Waals surface area contributed by atoms with Crippen LogP contribution >= 0.6 is 23.2 Å². The predicted octanol–water partition coefficient (Wildman–Crippen LogP) is 4.40. The summed E-state index contributed by atoms with van der Waals surface area (Å²) < 4.78 is 4.59. The molecule has 0 aliphatic carbocycles. The molecule has 10 nitrogen and oxygen atoms in total. The first-order chi connectivity index (χ1) is 20.1. The van der Waals surface area contributed by atoms with Gasteiger partial charge < -0.3 is 26.0 Å². The van der Waals surface area contributed by atoms with E-state index >= 15 is 0 Å². The largest absolute Gasteiger partial charge is 0.466 e. The van der Waals surface area contributed by atoms with Crippen molar-refractivity contribution in [1.29, 1.82) is 0 Å². The number of anilines is 2. The standard InChI is InChI=1S/C30H32Cl2N6O4/c1-30(37-25(40)16-24(39)34-17-20-6-3-5-19(15-20)9-10-26(41)42-2)11-13-38(14-12-30)23-18-35-28(29(33)36-23)21-7-4-8-22(31)27(21)32/h3-10,15,18H,11-14,16-17H2,1-2H3,(H2,33,36)(H,34,39)(H,37,40)/b10-9+. The molecule has 220 valence electrons. The van der Waals surface area contributed by atoms with Crippen LogP contribution in [0.1, 0.15) is 37.3 Å². The number of methoxy groups -OCH3 is 1. The lowest BCUT2D eigenvalue weighted by atomic mass is 9.89. The van der Waals surface area contributed by atoms with E-state index < -0.39 is 11.5 Å². The minimum absolute atomic E-state index is 0.244. The minimum atomic E-state index is -0.471. The highest BCUT2D eigenvalue weighted by Crippen LogP contribution is 2.35. The maximum atomic E-state index is 12.7. The second-order valence-electron chi connectivity index (χ2n) is 10.2. The summed E-state index contributed by atoms with van der Waals surface area (Å²) in [6.45, 7) is 3.47. The van der Waals surface area contributed by atoms with Gasteiger partial charge in [-0.05, 0) is 49.1 Å². The summed E-state index contributed by atoms with van der Waals surface area (Å²) in [5.74, 6) is -0.299. The molecule has 1 aliphatic rings. The number of ether oxygens (including phenoxy) is 1. The second kappa shape index (κ2) is 13.7. The van der Waals surface area contributed by atoms with Gasteiger partial charge in [0.15, 0.2) is 5.82 Å². The number of halogens is 2. The molecule has 1 fully saturated rings. The summed E-state index contributed by atoms with van der Waals surface area (Å²) in [4.78, 5) is 47.5. The fourth-order valence-electron chi connectivity index (χ4n) is 4.62. The predicted molar refractivity (Wildman–Crippen MR) is 164 cm³/mol. The number of nitrogens with one attached hydrogen (secondary N) is 2. The number of amides is 2. The van der Waals surface area contributed by atoms with Crippen molar-refractivity contribution >= 4 is 58.7 Å². The molecule has 0 spiro atoms. The van der Waals surface area contributed by atoms with E-state index in [0.717, 1.165) is 11.1 Å². The maximum Gasteiger partial charge on any atom is 0.330 e. The van der Waals surface area contributed by atoms with Crippen LogP contribution < -0.4 is 21.3 Å². The molecule has 2 heterocycles. The Balaban J connectivity index is 1.26. The monoisotopic (exact) mass is 610 g/mol. The van der Waals surface area contributed by atoms with Crippen molar-refractivity contribution in [1.82, 2.24) is 20.6 Å². The highest BCUT2D eigenvalue weighted by atomic mass is 35.5. The molecule has 42 heavy (non-hydrogen) atoms. The van der Waals surface area contributed by atoms with E-state index in [1.54, 1.807) is 30.5 Å². The van der Waals surface area contributed by atoms with Gasteiger partial charge in [0.05, 0.1) is 23.4 Å². The van der Waals surface area contributed by atoms with Gasteiger partial charge in [-0.3, -0.25) is 9.59 Å². The Labute approximate surface area is 254 Å². The number of piperidine rings is 1. The molecular weight excluding hydrogens is 579 g/mol. The third-order valence-electron chi connectivity index (χ3n) is 7.00. The first kappa shape index (κ1) is 30.8. The molecule has 2 amide bonds. The molecule has 2 aromatic carbocycles. The molecule has 1 saturated heterocycles. The molecule has 0 atom stereocenters. The van der Waals surface area contributed by atoms with Crippen molar-refractivity contribution in [2.45, 2.75) is 38.3 Å². The van der Waals surface area contributed by atoms with Crippen LogP contribution in [-0.2, 0) is 25.7 Å². The normalized spacial score (nSPS) is 14.4. The number of rotatable bonds is 9. The quantitative estimate of drug-likeness (QED) is 0.184. The zero-order valence-electron chi connectivity index (χ0n) is 23.3. The highest BCUT2D eigenvalue weighted by molar-refractivity contribution is 6.43. The van der Waals surface area contributed by atoms with E-state index in [4.69, 9.17) is 28.9 Å². The Morgan fingerprint density at radius 1 is 1.12 bits per heavy atom. The van der Waals surface area contributed by atoms with E-state index in [1.165, 1.54) is 13.2 Å². The molecule has 0 saturated carbocycles. The molecular formula is C30H32Cl2N6O4. The number of hydrogen-bond donors (Lipinski definition) is 3. The van der Waals surface area contributed by atoms with E-state index in [1.807, 2.05) is 31.2 Å². The van der Waals surface area contributed by atoms with Gasteiger partial charge in [0, 0.05) is 36.8 Å². The smallest absolute Gasteiger partial charge is 0.330 e. The van der Waals surface area contributed by atoms with Crippen LogP contribution in [0.25, 0.3) is 17.3 Å². The number of nitrogen functional groups attached to an aromatic ring is 1. The van der Waals surface area contributed by atoms with Gasteiger partial charge in [-0.25, -0.2) is 14.8 Å². The zero-order chi connectivity index (χ0) is 30.3. The molecule has 12 heteroatoms. The van der Waals surface area contributed by atoms with Gasteiger partial charge >= 0.3 is 5.97 Å². The van der Waals surface area contributed by atoms with Crippen molar-refractivity contribution in [2.24, 2.45) is 0 Å². The lowest BCUT2D eigenvalue weighted by Crippen LogP contribution is -2.54. The van der Waals surface area contributed by atoms with Gasteiger partial charge in [0.1, 0.15) is 17.9 Å². The third kappa shape index (κ3) is 7.98. The van der Waals surface area contributed by atoms with Gasteiger partial charge in [-0.2, -0.15) is 0 Å². The molecule has 4 N–H and O–H groups in total. The van der Waals surface area contributed by atoms with Crippen molar-refractivity contribution < 1.29 is 19.1 Å². The number of nitrogens with two attached hydrogens (primary N) is 1. The molecule has 1 aliphatic heterocycles. The Kier molecular flexibility index (Phi) is 10.0. The van der Waals surface area contributed by atoms with Crippen molar-refractivity contribution in [3.8, 4) is 11.3 Å². The molecule has 3 aromatic rings. The molecule has 1 aromatic heterocycles. The maximum absolute atomic E-state index is 12.7. The third-order valence-corrected chi connectivity index (χ3v) is 7.82. The summed E-state index contributed by atoms with van der Waals surface area (Å²) in [6.07, 6.45) is 5.62. The van der Waals surface area contributed by atoms with Crippen LogP contribution in [0.15, 0.2) is 54.7 Å². The van der Waals surface area contributed by atoms with Crippen molar-refractivity contribution in [3.05, 3.63) is 75.9 Å². The molecule has 0 unspecified atom stereocenters. The topological polar surface area (TPSA) is 140 Å². The lowest BCUT2D eigenvalue weighted by molar-refractivity contribution is -0.135. The summed E-state index contributed by atoms with van der Waals surface area (Å²) in [5, 5.41) is 6.57. The number of hydrogen-bond acceptors (Lipinski definition) is 8. The lowest BCUT2D eigenvalue weighted by Gasteiger charge is -2.40. The Morgan fingerprint density at radius 2 is 1.86 bits per heavy atom. The SMILES string of the molecule is COC(=O)/C=C/c1cccc(CNC(=O)CC(=O)NC2(C)CCN(c3cnc(-c4cccc(Cl)c4Cl)c(N)n3)CC2)c1. The average Bonchev–Trinajstić information content (AvgIpc) is 2.97. The first-order valence-electron chi connectivity index (χ1n) is 13.3. The van der Waals surface area contributed by atoms with E-state index in [9.17, 15) is 14.4 Å². The van der Waals surface area contributed by atoms with E-state index in [-0.39, 0.29) is 30.6 Å². The van der Waals surface area contributed by atoms with Gasteiger partial charge in [-0.15, -0.1) is 0 Å². The fourth-order valence-corrected chi connectivity index (χ4v) is 5.01. The van der Waals surface area contributed by atoms with Crippen LogP contribution in [0, 0.1) is 0 Å². The highest BCUT2D eigenvalue weighted by Gasteiger charge is 2.32. The summed E-state index contributed by atoms with van der Waals surface area (Å²) in [7, 11) is 1.31. The average molecular weight is 612 g/mol. The van der Waals surface area contributed by atoms with Crippen LogP contribution in [0.2, 0.25) is 10.0 Å². The fraction of sp³-hybridized carbons (Fsp3) is 0.300. The number of aromatic nitrogens is 2. The number of nitrogens with zero attached hydrogens (tertiary/aromatic N) is 3. The van der Waals surface area contributed by atoms with Crippen LogP contribution in [0.3, 0.4) is 0 Å². The van der Waals surface area contributed by atoms with Crippen LogP contribution in [-0.4, -0.2) is 53.5 Å². The number of benzene rings is 2. The Morgan fingerprint density at radius 3 is 2.57 bits per heavy atom. The number of carbonyl (C=O) groups excluding carboxylic acids is 3. The zero-order valence-corrected chi connectivity index (χ0v) is 24.8. The van der Waals surface area contributed by atoms with Crippen molar-refractivity contribution in [3.63, 3.8) is 0 Å². The van der Waals surface area contributed by atoms with Crippen LogP contribution in [0.5, 0.6) is 0 Å². The molecule has 0 radical (unpaired) electrons. The molecule has 0 bridgehead atoms. The number of esters is 1. The summed E-state index contributed by atoms with van der Waals surface area (Å²) in [5.41, 5.74) is 8.45. The Bertz CT molecular complexity index is 1500. The van der Waals surface area contributed by atoms with Gasteiger partial charge in [-0.1, -0.05) is 53.5 Å². The second-order valence-corrected chi connectivity index (χ2v) is 11.0. The number of carbonyl (C=O) groups is 3.